The Bertz CT molecular complexity index is 454. The maximum Gasteiger partial charge on any atom is 0.158 e. The molecule has 106 valence electrons. The van der Waals surface area contributed by atoms with Crippen LogP contribution in [0.1, 0.15) is 26.1 Å². The smallest absolute Gasteiger partial charge is 0.158 e. The van der Waals surface area contributed by atoms with E-state index < -0.39 is 0 Å². The highest BCUT2D eigenvalue weighted by atomic mass is 35.5. The first kappa shape index (κ1) is 14.5. The molecule has 6 heteroatoms. The molecule has 1 heterocycles. The molecule has 1 aliphatic rings. The summed E-state index contributed by atoms with van der Waals surface area (Å²) in [5, 5.41) is 3.82. The number of rotatable bonds is 5. The molecule has 19 heavy (non-hydrogen) atoms. The quantitative estimate of drug-likeness (QED) is 0.843. The minimum absolute atomic E-state index is 0.0770. The highest BCUT2D eigenvalue weighted by molar-refractivity contribution is 6.29. The number of ether oxygens (including phenoxy) is 2. The van der Waals surface area contributed by atoms with E-state index in [9.17, 15) is 0 Å². The lowest BCUT2D eigenvalue weighted by Gasteiger charge is -2.51. The molecule has 1 fully saturated rings. The lowest BCUT2D eigenvalue weighted by Crippen LogP contribution is -2.57. The van der Waals surface area contributed by atoms with Crippen LogP contribution in [-0.2, 0) is 16.1 Å². The van der Waals surface area contributed by atoms with Crippen molar-refractivity contribution in [2.24, 2.45) is 5.41 Å². The molecule has 0 saturated heterocycles. The van der Waals surface area contributed by atoms with Gasteiger partial charge in [-0.25, -0.2) is 9.97 Å². The Kier molecular flexibility index (Phi) is 4.28. The molecule has 0 aromatic carbocycles. The molecular formula is C13H20ClN3O2. The molecule has 2 unspecified atom stereocenters. The number of methoxy groups -OCH3 is 2. The zero-order chi connectivity index (χ0) is 14.0. The lowest BCUT2D eigenvalue weighted by molar-refractivity contribution is -0.0795. The molecule has 1 N–H and O–H groups in total. The number of nitrogens with zero attached hydrogens (tertiary/aromatic N) is 2. The first-order valence-corrected chi connectivity index (χ1v) is 6.67. The summed E-state index contributed by atoms with van der Waals surface area (Å²) in [4.78, 5) is 8.50. The minimum atomic E-state index is 0.0770. The minimum Gasteiger partial charge on any atom is -0.381 e. The molecule has 0 spiro atoms. The van der Waals surface area contributed by atoms with Crippen LogP contribution < -0.4 is 5.32 Å². The Morgan fingerprint density at radius 2 is 2.16 bits per heavy atom. The fraction of sp³-hybridized carbons (Fsp3) is 0.692. The Balaban J connectivity index is 2.08. The molecule has 0 bridgehead atoms. The summed E-state index contributed by atoms with van der Waals surface area (Å²) in [7, 11) is 3.36. The third-order valence-corrected chi connectivity index (χ3v) is 3.99. The van der Waals surface area contributed by atoms with Crippen LogP contribution in [0, 0.1) is 5.41 Å². The van der Waals surface area contributed by atoms with Gasteiger partial charge in [-0.1, -0.05) is 25.4 Å². The Hall–Kier alpha value is -0.910. The number of hydrogen-bond acceptors (Lipinski definition) is 5. The second kappa shape index (κ2) is 5.61. The summed E-state index contributed by atoms with van der Waals surface area (Å²) >= 11 is 5.99. The van der Waals surface area contributed by atoms with Crippen molar-refractivity contribution in [3.05, 3.63) is 17.0 Å². The van der Waals surface area contributed by atoms with Gasteiger partial charge in [0.1, 0.15) is 17.6 Å². The van der Waals surface area contributed by atoms with Crippen LogP contribution in [0.3, 0.4) is 0 Å². The normalized spacial score (nSPS) is 24.9. The number of halogens is 1. The fourth-order valence-electron chi connectivity index (χ4n) is 2.44. The fourth-order valence-corrected chi connectivity index (χ4v) is 2.64. The number of aromatic nitrogens is 2. The SMILES string of the molecule is COCc1nc(Cl)cc(NC2CC(OC)C2(C)C)n1. The third-order valence-electron chi connectivity index (χ3n) is 3.80. The van der Waals surface area contributed by atoms with Crippen LogP contribution in [0.5, 0.6) is 0 Å². The molecule has 2 atom stereocenters. The van der Waals surface area contributed by atoms with Gasteiger partial charge < -0.3 is 14.8 Å². The molecule has 0 aliphatic heterocycles. The van der Waals surface area contributed by atoms with Crippen molar-refractivity contribution < 1.29 is 9.47 Å². The van der Waals surface area contributed by atoms with Crippen molar-refractivity contribution in [2.75, 3.05) is 19.5 Å². The van der Waals surface area contributed by atoms with E-state index in [4.69, 9.17) is 21.1 Å². The van der Waals surface area contributed by atoms with E-state index in [0.717, 1.165) is 12.2 Å². The van der Waals surface area contributed by atoms with Crippen molar-refractivity contribution in [1.29, 1.82) is 0 Å². The zero-order valence-corrected chi connectivity index (χ0v) is 12.5. The molecule has 1 aliphatic carbocycles. The average molecular weight is 286 g/mol. The lowest BCUT2D eigenvalue weighted by atomic mass is 9.64. The van der Waals surface area contributed by atoms with E-state index in [-0.39, 0.29) is 11.5 Å². The summed E-state index contributed by atoms with van der Waals surface area (Å²) in [6.07, 6.45) is 1.24. The van der Waals surface area contributed by atoms with Crippen molar-refractivity contribution in [2.45, 2.75) is 39.0 Å². The van der Waals surface area contributed by atoms with Gasteiger partial charge in [-0.2, -0.15) is 0 Å². The van der Waals surface area contributed by atoms with E-state index >= 15 is 0 Å². The predicted octanol–water partition coefficient (Wildman–Crippen LogP) is 2.50. The molecular weight excluding hydrogens is 266 g/mol. The molecule has 1 saturated carbocycles. The molecule has 1 aromatic rings. The highest BCUT2D eigenvalue weighted by Crippen LogP contribution is 2.43. The Morgan fingerprint density at radius 3 is 2.74 bits per heavy atom. The predicted molar refractivity (Wildman–Crippen MR) is 74.4 cm³/mol. The summed E-state index contributed by atoms with van der Waals surface area (Å²) in [6.45, 7) is 4.71. The Labute approximate surface area is 118 Å². The van der Waals surface area contributed by atoms with E-state index in [0.29, 0.717) is 23.6 Å². The molecule has 1 aromatic heterocycles. The van der Waals surface area contributed by atoms with Gasteiger partial charge in [0.25, 0.3) is 0 Å². The van der Waals surface area contributed by atoms with Gasteiger partial charge in [-0.05, 0) is 6.42 Å². The first-order valence-electron chi connectivity index (χ1n) is 6.29. The average Bonchev–Trinajstić information content (AvgIpc) is 2.33. The largest absolute Gasteiger partial charge is 0.381 e. The summed E-state index contributed by atoms with van der Waals surface area (Å²) in [6, 6.07) is 2.05. The molecule has 0 amide bonds. The zero-order valence-electron chi connectivity index (χ0n) is 11.7. The number of hydrogen-bond donors (Lipinski definition) is 1. The summed E-state index contributed by atoms with van der Waals surface area (Å²) < 4.78 is 10.5. The van der Waals surface area contributed by atoms with E-state index in [1.54, 1.807) is 20.3 Å². The van der Waals surface area contributed by atoms with Crippen LogP contribution >= 0.6 is 11.6 Å². The van der Waals surface area contributed by atoms with Gasteiger partial charge in [0.2, 0.25) is 0 Å². The van der Waals surface area contributed by atoms with Crippen LogP contribution in [0.15, 0.2) is 6.07 Å². The summed E-state index contributed by atoms with van der Waals surface area (Å²) in [5.74, 6) is 1.32. The number of nitrogens with one attached hydrogen (secondary N) is 1. The molecule has 5 nitrogen and oxygen atoms in total. The van der Waals surface area contributed by atoms with Gasteiger partial charge in [-0.3, -0.25) is 0 Å². The van der Waals surface area contributed by atoms with E-state index in [2.05, 4.69) is 29.1 Å². The van der Waals surface area contributed by atoms with Gasteiger partial charge in [-0.15, -0.1) is 0 Å². The maximum atomic E-state index is 5.99. The van der Waals surface area contributed by atoms with Crippen molar-refractivity contribution in [1.82, 2.24) is 9.97 Å². The van der Waals surface area contributed by atoms with E-state index in [1.165, 1.54) is 0 Å². The van der Waals surface area contributed by atoms with Gasteiger partial charge >= 0.3 is 0 Å². The van der Waals surface area contributed by atoms with Crippen molar-refractivity contribution in [3.8, 4) is 0 Å². The summed E-state index contributed by atoms with van der Waals surface area (Å²) in [5.41, 5.74) is 0.0770. The highest BCUT2D eigenvalue weighted by Gasteiger charge is 2.48. The van der Waals surface area contributed by atoms with Gasteiger partial charge in [0.05, 0.1) is 6.10 Å². The monoisotopic (exact) mass is 285 g/mol. The van der Waals surface area contributed by atoms with Crippen LogP contribution in [0.4, 0.5) is 5.82 Å². The number of anilines is 1. The molecule has 0 radical (unpaired) electrons. The second-order valence-electron chi connectivity index (χ2n) is 5.40. The van der Waals surface area contributed by atoms with Crippen LogP contribution in [0.25, 0.3) is 0 Å². The maximum absolute atomic E-state index is 5.99. The van der Waals surface area contributed by atoms with Gasteiger partial charge in [0.15, 0.2) is 5.82 Å². The van der Waals surface area contributed by atoms with Gasteiger partial charge in [0, 0.05) is 31.7 Å². The van der Waals surface area contributed by atoms with E-state index in [1.807, 2.05) is 0 Å². The van der Waals surface area contributed by atoms with Crippen LogP contribution in [0.2, 0.25) is 5.15 Å². The van der Waals surface area contributed by atoms with Crippen LogP contribution in [-0.4, -0.2) is 36.3 Å². The van der Waals surface area contributed by atoms with Crippen molar-refractivity contribution >= 4 is 17.4 Å². The Morgan fingerprint density at radius 1 is 1.42 bits per heavy atom. The standard InChI is InChI=1S/C13H20ClN3O2/c1-13(2)8(5-9(13)19-4)15-11-6-10(14)16-12(17-11)7-18-3/h6,8-9H,5,7H2,1-4H3,(H,15,16,17). The topological polar surface area (TPSA) is 56.3 Å². The second-order valence-corrected chi connectivity index (χ2v) is 5.79. The van der Waals surface area contributed by atoms with Crippen molar-refractivity contribution in [3.63, 3.8) is 0 Å². The molecule has 2 rings (SSSR count). The first-order chi connectivity index (χ1) is 8.97. The third kappa shape index (κ3) is 2.99.